The second-order valence-corrected chi connectivity index (χ2v) is 3.58. The molecule has 1 N–H and O–H groups in total. The van der Waals surface area contributed by atoms with Crippen molar-refractivity contribution in [2.24, 2.45) is 0 Å². The van der Waals surface area contributed by atoms with Crippen LogP contribution in [0.1, 0.15) is 10.4 Å². The Morgan fingerprint density at radius 2 is 2.50 bits per heavy atom. The van der Waals surface area contributed by atoms with Gasteiger partial charge in [0.1, 0.15) is 0 Å². The number of aromatic nitrogens is 1. The van der Waals surface area contributed by atoms with Crippen LogP contribution in [-0.2, 0) is 0 Å². The van der Waals surface area contributed by atoms with Gasteiger partial charge in [0.2, 0.25) is 5.95 Å². The lowest BCUT2D eigenvalue weighted by atomic mass is 10.2. The van der Waals surface area contributed by atoms with Gasteiger partial charge in [0, 0.05) is 18.5 Å². The molecule has 1 aromatic heterocycles. The van der Waals surface area contributed by atoms with E-state index < -0.39 is 11.9 Å². The molecule has 0 saturated heterocycles. The number of halogens is 1. The van der Waals surface area contributed by atoms with E-state index in [1.165, 1.54) is 18.3 Å². The van der Waals surface area contributed by atoms with Gasteiger partial charge >= 0.3 is 0 Å². The first-order chi connectivity index (χ1) is 6.75. The second-order valence-electron chi connectivity index (χ2n) is 2.59. The zero-order valence-corrected chi connectivity index (χ0v) is 8.60. The average Bonchev–Trinajstić information content (AvgIpc) is 2.18. The number of nitrogens with zero attached hydrogens (tertiary/aromatic N) is 1. The molecule has 0 aromatic carbocycles. The number of amides is 1. The maximum absolute atomic E-state index is 13.0. The second kappa shape index (κ2) is 5.59. The molecule has 0 radical (unpaired) electrons. The van der Waals surface area contributed by atoms with Crippen molar-refractivity contribution in [3.05, 3.63) is 29.8 Å². The van der Waals surface area contributed by atoms with Crippen molar-refractivity contribution in [1.82, 2.24) is 10.3 Å². The van der Waals surface area contributed by atoms with Crippen LogP contribution in [0.4, 0.5) is 4.39 Å². The third-order valence-electron chi connectivity index (χ3n) is 1.60. The van der Waals surface area contributed by atoms with Crippen LogP contribution in [-0.4, -0.2) is 29.4 Å². The van der Waals surface area contributed by atoms with E-state index in [-0.39, 0.29) is 5.56 Å². The fraction of sp³-hybridized carbons (Fsp3) is 0.333. The molecule has 14 heavy (non-hydrogen) atoms. The molecule has 0 unspecified atom stereocenters. The summed E-state index contributed by atoms with van der Waals surface area (Å²) >= 11 is 1.62. The Bertz CT molecular complexity index is 319. The van der Waals surface area contributed by atoms with E-state index in [0.717, 1.165) is 5.75 Å². The van der Waals surface area contributed by atoms with Crippen LogP contribution >= 0.6 is 11.8 Å². The van der Waals surface area contributed by atoms with Crippen LogP contribution in [0.3, 0.4) is 0 Å². The number of carbonyl (C=O) groups is 1. The lowest BCUT2D eigenvalue weighted by Crippen LogP contribution is -2.26. The molecular weight excluding hydrogens is 203 g/mol. The SMILES string of the molecule is CSCCNC(=O)c1cccnc1F. The smallest absolute Gasteiger partial charge is 0.255 e. The Hall–Kier alpha value is -1.10. The van der Waals surface area contributed by atoms with Gasteiger partial charge in [-0.15, -0.1) is 0 Å². The summed E-state index contributed by atoms with van der Waals surface area (Å²) < 4.78 is 13.0. The highest BCUT2D eigenvalue weighted by molar-refractivity contribution is 7.98. The van der Waals surface area contributed by atoms with Crippen LogP contribution in [0.2, 0.25) is 0 Å². The maximum atomic E-state index is 13.0. The summed E-state index contributed by atoms with van der Waals surface area (Å²) in [5.74, 6) is -0.327. The van der Waals surface area contributed by atoms with Crippen LogP contribution < -0.4 is 5.32 Å². The number of rotatable bonds is 4. The highest BCUT2D eigenvalue weighted by Crippen LogP contribution is 2.02. The summed E-state index contributed by atoms with van der Waals surface area (Å²) in [6.45, 7) is 0.536. The summed E-state index contributed by atoms with van der Waals surface area (Å²) in [4.78, 5) is 14.7. The van der Waals surface area contributed by atoms with E-state index in [2.05, 4.69) is 10.3 Å². The monoisotopic (exact) mass is 214 g/mol. The normalized spacial score (nSPS) is 9.86. The van der Waals surface area contributed by atoms with Crippen LogP contribution in [0.5, 0.6) is 0 Å². The van der Waals surface area contributed by atoms with Gasteiger partial charge in [-0.25, -0.2) is 4.98 Å². The number of hydrogen-bond donors (Lipinski definition) is 1. The zero-order valence-electron chi connectivity index (χ0n) is 7.79. The van der Waals surface area contributed by atoms with E-state index in [4.69, 9.17) is 0 Å². The third kappa shape index (κ3) is 2.99. The Morgan fingerprint density at radius 3 is 3.14 bits per heavy atom. The molecule has 0 aliphatic carbocycles. The molecule has 3 nitrogen and oxygen atoms in total. The zero-order chi connectivity index (χ0) is 10.4. The summed E-state index contributed by atoms with van der Waals surface area (Å²) in [6, 6.07) is 2.95. The summed E-state index contributed by atoms with van der Waals surface area (Å²) in [5, 5.41) is 2.60. The molecule has 1 amide bonds. The predicted octanol–water partition coefficient (Wildman–Crippen LogP) is 1.31. The number of carbonyl (C=O) groups excluding carboxylic acids is 1. The van der Waals surface area contributed by atoms with Gasteiger partial charge in [-0.1, -0.05) is 0 Å². The summed E-state index contributed by atoms with van der Waals surface area (Å²) in [6.07, 6.45) is 3.25. The third-order valence-corrected chi connectivity index (χ3v) is 2.21. The minimum Gasteiger partial charge on any atom is -0.351 e. The highest BCUT2D eigenvalue weighted by Gasteiger charge is 2.10. The molecule has 76 valence electrons. The van der Waals surface area contributed by atoms with E-state index >= 15 is 0 Å². The first-order valence-electron chi connectivity index (χ1n) is 4.13. The van der Waals surface area contributed by atoms with E-state index in [0.29, 0.717) is 6.54 Å². The van der Waals surface area contributed by atoms with E-state index in [9.17, 15) is 9.18 Å². The van der Waals surface area contributed by atoms with Gasteiger partial charge < -0.3 is 5.32 Å². The van der Waals surface area contributed by atoms with Crippen LogP contribution in [0.25, 0.3) is 0 Å². The van der Waals surface area contributed by atoms with Gasteiger partial charge in [-0.3, -0.25) is 4.79 Å². The molecular formula is C9H11FN2OS. The molecule has 0 bridgehead atoms. The number of thioether (sulfide) groups is 1. The minimum atomic E-state index is -0.728. The first kappa shape index (κ1) is 11.0. The Labute approximate surface area is 86.1 Å². The number of hydrogen-bond acceptors (Lipinski definition) is 3. The predicted molar refractivity (Wildman–Crippen MR) is 54.9 cm³/mol. The van der Waals surface area contributed by atoms with Crippen molar-refractivity contribution in [1.29, 1.82) is 0 Å². The molecule has 0 fully saturated rings. The Balaban J connectivity index is 2.56. The summed E-state index contributed by atoms with van der Waals surface area (Å²) in [7, 11) is 0. The van der Waals surface area contributed by atoms with Crippen molar-refractivity contribution < 1.29 is 9.18 Å². The highest BCUT2D eigenvalue weighted by atomic mass is 32.2. The quantitative estimate of drug-likeness (QED) is 0.607. The molecule has 1 heterocycles. The van der Waals surface area contributed by atoms with Crippen molar-refractivity contribution >= 4 is 17.7 Å². The van der Waals surface area contributed by atoms with Gasteiger partial charge in [0.15, 0.2) is 0 Å². The molecule has 0 atom stereocenters. The number of pyridine rings is 1. The Kier molecular flexibility index (Phi) is 4.39. The van der Waals surface area contributed by atoms with Crippen molar-refractivity contribution in [2.45, 2.75) is 0 Å². The molecule has 0 spiro atoms. The van der Waals surface area contributed by atoms with E-state index in [1.54, 1.807) is 11.8 Å². The van der Waals surface area contributed by atoms with Crippen LogP contribution in [0.15, 0.2) is 18.3 Å². The van der Waals surface area contributed by atoms with Crippen molar-refractivity contribution in [2.75, 3.05) is 18.6 Å². The van der Waals surface area contributed by atoms with Crippen molar-refractivity contribution in [3.8, 4) is 0 Å². The largest absolute Gasteiger partial charge is 0.351 e. The van der Waals surface area contributed by atoms with Gasteiger partial charge in [-0.05, 0) is 18.4 Å². The summed E-state index contributed by atoms with van der Waals surface area (Å²) in [5.41, 5.74) is -0.00592. The molecule has 1 rings (SSSR count). The molecule has 1 aromatic rings. The topological polar surface area (TPSA) is 42.0 Å². The Morgan fingerprint density at radius 1 is 1.71 bits per heavy atom. The minimum absolute atomic E-state index is 0.00592. The fourth-order valence-corrected chi connectivity index (χ4v) is 1.22. The number of nitrogens with one attached hydrogen (secondary N) is 1. The molecule has 0 aliphatic rings. The lowest BCUT2D eigenvalue weighted by molar-refractivity contribution is 0.0951. The molecule has 0 aliphatic heterocycles. The fourth-order valence-electron chi connectivity index (χ4n) is 0.917. The van der Waals surface area contributed by atoms with Crippen molar-refractivity contribution in [3.63, 3.8) is 0 Å². The molecule has 0 saturated carbocycles. The standard InChI is InChI=1S/C9H11FN2OS/c1-14-6-5-12-9(13)7-3-2-4-11-8(7)10/h2-4H,5-6H2,1H3,(H,12,13). The average molecular weight is 214 g/mol. The molecule has 5 heteroatoms. The van der Waals surface area contributed by atoms with Gasteiger partial charge in [0.05, 0.1) is 5.56 Å². The first-order valence-corrected chi connectivity index (χ1v) is 5.52. The van der Waals surface area contributed by atoms with E-state index in [1.807, 2.05) is 6.26 Å². The maximum Gasteiger partial charge on any atom is 0.255 e. The van der Waals surface area contributed by atoms with Gasteiger partial charge in [-0.2, -0.15) is 16.2 Å². The lowest BCUT2D eigenvalue weighted by Gasteiger charge is -2.03. The van der Waals surface area contributed by atoms with Crippen LogP contribution in [0, 0.1) is 5.95 Å². The van der Waals surface area contributed by atoms with Gasteiger partial charge in [0.25, 0.3) is 5.91 Å².